The second-order valence-electron chi connectivity index (χ2n) is 6.19. The van der Waals surface area contributed by atoms with Gasteiger partial charge >= 0.3 is 0 Å². The van der Waals surface area contributed by atoms with E-state index in [1.54, 1.807) is 18.3 Å². The van der Waals surface area contributed by atoms with Crippen molar-refractivity contribution in [3.05, 3.63) is 90.9 Å². The lowest BCUT2D eigenvalue weighted by Crippen LogP contribution is -1.87. The van der Waals surface area contributed by atoms with Crippen molar-refractivity contribution in [2.45, 2.75) is 0 Å². The Kier molecular flexibility index (Phi) is 3.32. The van der Waals surface area contributed by atoms with E-state index in [1.807, 2.05) is 66.7 Å². The number of nitrogens with zero attached hydrogens (tertiary/aromatic N) is 1. The minimum absolute atomic E-state index is 0.299. The molecule has 0 atom stereocenters. The number of rotatable bonds is 2. The van der Waals surface area contributed by atoms with E-state index in [2.05, 4.69) is 4.98 Å². The van der Waals surface area contributed by atoms with Gasteiger partial charge in [0, 0.05) is 17.1 Å². The van der Waals surface area contributed by atoms with Crippen LogP contribution in [-0.4, -0.2) is 4.98 Å². The number of halogens is 1. The molecule has 0 aliphatic carbocycles. The van der Waals surface area contributed by atoms with Gasteiger partial charge in [-0.3, -0.25) is 4.98 Å². The highest BCUT2D eigenvalue weighted by molar-refractivity contribution is 6.07. The third-order valence-electron chi connectivity index (χ3n) is 4.62. The SMILES string of the molecule is Fc1c(-c2ccccn2)ccc2oc3cc(-c4ccccc4)ccc3c12. The number of furan rings is 1. The van der Waals surface area contributed by atoms with Crippen molar-refractivity contribution in [2.24, 2.45) is 0 Å². The third kappa shape index (κ3) is 2.29. The normalized spacial score (nSPS) is 11.3. The molecule has 0 saturated carbocycles. The molecular formula is C23H14FNO. The lowest BCUT2D eigenvalue weighted by Gasteiger charge is -2.03. The molecule has 0 bridgehead atoms. The van der Waals surface area contributed by atoms with Gasteiger partial charge in [0.25, 0.3) is 0 Å². The molecule has 0 saturated heterocycles. The largest absolute Gasteiger partial charge is 0.456 e. The number of benzene rings is 3. The van der Waals surface area contributed by atoms with Crippen LogP contribution in [0, 0.1) is 5.82 Å². The van der Waals surface area contributed by atoms with Gasteiger partial charge in [0.05, 0.1) is 11.1 Å². The molecule has 26 heavy (non-hydrogen) atoms. The maximum atomic E-state index is 15.2. The van der Waals surface area contributed by atoms with E-state index in [0.717, 1.165) is 16.5 Å². The summed E-state index contributed by atoms with van der Waals surface area (Å²) < 4.78 is 21.2. The lowest BCUT2D eigenvalue weighted by atomic mass is 10.0. The summed E-state index contributed by atoms with van der Waals surface area (Å²) in [4.78, 5) is 4.26. The van der Waals surface area contributed by atoms with E-state index in [9.17, 15) is 0 Å². The summed E-state index contributed by atoms with van der Waals surface area (Å²) >= 11 is 0. The maximum absolute atomic E-state index is 15.2. The first-order chi connectivity index (χ1) is 12.8. The average molecular weight is 339 g/mol. The Morgan fingerprint density at radius 1 is 0.731 bits per heavy atom. The zero-order valence-electron chi connectivity index (χ0n) is 13.8. The molecule has 3 aromatic carbocycles. The van der Waals surface area contributed by atoms with Gasteiger partial charge in [0.2, 0.25) is 0 Å². The van der Waals surface area contributed by atoms with Crippen molar-refractivity contribution >= 4 is 21.9 Å². The van der Waals surface area contributed by atoms with E-state index in [0.29, 0.717) is 27.8 Å². The average Bonchev–Trinajstić information content (AvgIpc) is 3.08. The van der Waals surface area contributed by atoms with Gasteiger partial charge in [0.15, 0.2) is 0 Å². The fourth-order valence-electron chi connectivity index (χ4n) is 3.36. The van der Waals surface area contributed by atoms with E-state index in [1.165, 1.54) is 0 Å². The zero-order valence-corrected chi connectivity index (χ0v) is 13.8. The van der Waals surface area contributed by atoms with E-state index >= 15 is 4.39 Å². The Bertz CT molecular complexity index is 1230. The molecule has 0 fully saturated rings. The second kappa shape index (κ2) is 5.81. The quantitative estimate of drug-likeness (QED) is 0.369. The van der Waals surface area contributed by atoms with Crippen LogP contribution in [0.25, 0.3) is 44.3 Å². The van der Waals surface area contributed by atoms with Crippen molar-refractivity contribution in [1.82, 2.24) is 4.98 Å². The van der Waals surface area contributed by atoms with Gasteiger partial charge in [-0.15, -0.1) is 0 Å². The van der Waals surface area contributed by atoms with Crippen LogP contribution in [-0.2, 0) is 0 Å². The number of pyridine rings is 1. The molecule has 0 spiro atoms. The molecule has 124 valence electrons. The molecule has 5 rings (SSSR count). The van der Waals surface area contributed by atoms with Gasteiger partial charge in [-0.05, 0) is 47.5 Å². The highest BCUT2D eigenvalue weighted by Gasteiger charge is 2.16. The van der Waals surface area contributed by atoms with Crippen LogP contribution in [0.15, 0.2) is 89.5 Å². The summed E-state index contributed by atoms with van der Waals surface area (Å²) in [5, 5.41) is 1.28. The lowest BCUT2D eigenvalue weighted by molar-refractivity contribution is 0.636. The topological polar surface area (TPSA) is 26.0 Å². The summed E-state index contributed by atoms with van der Waals surface area (Å²) in [6, 6.07) is 25.0. The summed E-state index contributed by atoms with van der Waals surface area (Å²) in [6.07, 6.45) is 1.67. The molecule has 0 radical (unpaired) electrons. The molecule has 0 unspecified atom stereocenters. The van der Waals surface area contributed by atoms with Crippen molar-refractivity contribution in [3.8, 4) is 22.4 Å². The van der Waals surface area contributed by atoms with E-state index < -0.39 is 0 Å². The number of aromatic nitrogens is 1. The van der Waals surface area contributed by atoms with Crippen LogP contribution in [0.1, 0.15) is 0 Å². The van der Waals surface area contributed by atoms with Gasteiger partial charge in [0.1, 0.15) is 17.0 Å². The van der Waals surface area contributed by atoms with E-state index in [-0.39, 0.29) is 5.82 Å². The Hall–Kier alpha value is -3.46. The fourth-order valence-corrected chi connectivity index (χ4v) is 3.36. The fraction of sp³-hybridized carbons (Fsp3) is 0. The number of hydrogen-bond acceptors (Lipinski definition) is 2. The predicted octanol–water partition coefficient (Wildman–Crippen LogP) is 6.45. The zero-order chi connectivity index (χ0) is 17.5. The highest BCUT2D eigenvalue weighted by atomic mass is 19.1. The Morgan fingerprint density at radius 2 is 1.58 bits per heavy atom. The van der Waals surface area contributed by atoms with Crippen molar-refractivity contribution in [3.63, 3.8) is 0 Å². The smallest absolute Gasteiger partial charge is 0.144 e. The van der Waals surface area contributed by atoms with Crippen LogP contribution in [0.4, 0.5) is 4.39 Å². The molecule has 0 aliphatic heterocycles. The maximum Gasteiger partial charge on any atom is 0.144 e. The van der Waals surface area contributed by atoms with E-state index in [4.69, 9.17) is 4.42 Å². The third-order valence-corrected chi connectivity index (χ3v) is 4.62. The molecule has 0 amide bonds. The monoisotopic (exact) mass is 339 g/mol. The number of hydrogen-bond donors (Lipinski definition) is 0. The molecule has 2 aromatic heterocycles. The van der Waals surface area contributed by atoms with Crippen molar-refractivity contribution in [2.75, 3.05) is 0 Å². The Morgan fingerprint density at radius 3 is 2.38 bits per heavy atom. The molecule has 0 N–H and O–H groups in total. The van der Waals surface area contributed by atoms with Gasteiger partial charge < -0.3 is 4.42 Å². The van der Waals surface area contributed by atoms with Crippen molar-refractivity contribution in [1.29, 1.82) is 0 Å². The highest BCUT2D eigenvalue weighted by Crippen LogP contribution is 2.36. The molecule has 0 aliphatic rings. The van der Waals surface area contributed by atoms with Crippen molar-refractivity contribution < 1.29 is 8.81 Å². The first-order valence-electron chi connectivity index (χ1n) is 8.43. The predicted molar refractivity (Wildman–Crippen MR) is 102 cm³/mol. The molecule has 3 heteroatoms. The molecular weight excluding hydrogens is 325 g/mol. The molecule has 2 nitrogen and oxygen atoms in total. The number of fused-ring (bicyclic) bond motifs is 3. The first-order valence-corrected chi connectivity index (χ1v) is 8.43. The second-order valence-corrected chi connectivity index (χ2v) is 6.19. The summed E-state index contributed by atoms with van der Waals surface area (Å²) in [5.41, 5.74) is 4.46. The first kappa shape index (κ1) is 14.8. The summed E-state index contributed by atoms with van der Waals surface area (Å²) in [6.45, 7) is 0. The molecule has 5 aromatic rings. The van der Waals surface area contributed by atoms with Crippen LogP contribution in [0.3, 0.4) is 0 Å². The Labute approximate surface area is 149 Å². The van der Waals surface area contributed by atoms with Crippen LogP contribution < -0.4 is 0 Å². The van der Waals surface area contributed by atoms with Crippen LogP contribution in [0.5, 0.6) is 0 Å². The van der Waals surface area contributed by atoms with Crippen LogP contribution >= 0.6 is 0 Å². The van der Waals surface area contributed by atoms with Gasteiger partial charge in [-0.2, -0.15) is 0 Å². The molecule has 2 heterocycles. The van der Waals surface area contributed by atoms with Gasteiger partial charge in [-0.25, -0.2) is 4.39 Å². The van der Waals surface area contributed by atoms with Gasteiger partial charge in [-0.1, -0.05) is 42.5 Å². The van der Waals surface area contributed by atoms with Crippen LogP contribution in [0.2, 0.25) is 0 Å². The Balaban J connectivity index is 1.74. The summed E-state index contributed by atoms with van der Waals surface area (Å²) in [5.74, 6) is -0.299. The summed E-state index contributed by atoms with van der Waals surface area (Å²) in [7, 11) is 0. The standard InChI is InChI=1S/C23H14FNO/c24-23-17(19-8-4-5-13-25-19)11-12-20-22(23)18-10-9-16(14-21(18)26-20)15-6-2-1-3-7-15/h1-14H. The minimum Gasteiger partial charge on any atom is -0.456 e. The minimum atomic E-state index is -0.299.